The van der Waals surface area contributed by atoms with Gasteiger partial charge in [0, 0.05) is 6.92 Å². The SMILES string of the molecule is CC(=O)N[C@H]1C(OP(=O)(O)OP(=O)(O)OC/C=C(/C)CC/C=C(/C)CC/C=C(/C)CC/C=C(/C)CC/C=C(/C)CC/C=C(/C)CC/C=C(/C)CC/C=C(/C)CC/C=C(\C)CC/C=C(\C)CCC=C(C)C)O[C@H](CO)[C@@H](O[C@H]2O[C@H](C)[C@@H](O)[C@H](O)[C@@H]2O[C@H]2O[C@H](C)[C@@H](O)[C@H](O)[C@@H]2O)[C@@H]1O. The van der Waals surface area contributed by atoms with Crippen molar-refractivity contribution in [3.63, 3.8) is 0 Å². The van der Waals surface area contributed by atoms with Crippen molar-refractivity contribution in [3.05, 3.63) is 128 Å². The van der Waals surface area contributed by atoms with Gasteiger partial charge >= 0.3 is 15.6 Å². The lowest BCUT2D eigenvalue weighted by molar-refractivity contribution is -0.378. The van der Waals surface area contributed by atoms with Crippen molar-refractivity contribution in [3.8, 4) is 0 Å². The molecule has 0 spiro atoms. The third-order valence-corrected chi connectivity index (χ3v) is 20.5. The van der Waals surface area contributed by atoms with Gasteiger partial charge in [-0.15, -0.1) is 0 Å². The zero-order valence-corrected chi connectivity index (χ0v) is 63.3. The maximum Gasteiger partial charge on any atom is 0.483 e. The molecule has 3 aliphatic rings. The van der Waals surface area contributed by atoms with Gasteiger partial charge in [-0.2, -0.15) is 4.31 Å². The van der Waals surface area contributed by atoms with E-state index >= 15 is 0 Å². The smallest absolute Gasteiger partial charge is 0.394 e. The van der Waals surface area contributed by atoms with Crippen molar-refractivity contribution in [2.45, 2.75) is 324 Å². The highest BCUT2D eigenvalue weighted by molar-refractivity contribution is 7.61. The molecule has 23 heteroatoms. The van der Waals surface area contributed by atoms with Crippen LogP contribution in [0.2, 0.25) is 0 Å². The number of amides is 1. The van der Waals surface area contributed by atoms with Crippen LogP contribution in [-0.4, -0.2) is 157 Å². The summed E-state index contributed by atoms with van der Waals surface area (Å²) in [6, 6.07) is -1.82. The minimum absolute atomic E-state index is 0.492. The van der Waals surface area contributed by atoms with E-state index in [-0.39, 0.29) is 0 Å². The van der Waals surface area contributed by atoms with Gasteiger partial charge in [0.15, 0.2) is 18.9 Å². The fourth-order valence-electron chi connectivity index (χ4n) is 11.5. The normalized spacial score (nSPS) is 29.2. The van der Waals surface area contributed by atoms with Crippen molar-refractivity contribution < 1.29 is 96.5 Å². The molecule has 3 saturated heterocycles. The zero-order valence-electron chi connectivity index (χ0n) is 61.5. The maximum absolute atomic E-state index is 13.3. The van der Waals surface area contributed by atoms with Crippen LogP contribution < -0.4 is 5.32 Å². The third-order valence-electron chi connectivity index (χ3n) is 17.9. The van der Waals surface area contributed by atoms with Gasteiger partial charge in [-0.3, -0.25) is 13.8 Å². The second kappa shape index (κ2) is 46.2. The minimum atomic E-state index is -5.67. The molecule has 0 aromatic rings. The van der Waals surface area contributed by atoms with Gasteiger partial charge in [-0.1, -0.05) is 128 Å². The van der Waals surface area contributed by atoms with Crippen molar-refractivity contribution in [1.82, 2.24) is 5.32 Å². The standard InChI is InChI=1S/C75H125NO20P2/c1-49(2)26-16-27-50(3)28-17-29-51(4)30-18-31-52(5)32-19-33-53(6)34-20-35-54(7)36-21-37-55(8)38-22-39-56(9)40-23-41-57(10)42-24-43-58(11)44-25-45-59(12)46-47-89-97(85,86)96-98(87,88)95-73-64(76-62(15)78)67(81)71(63(48-77)92-73)93-75-72(69(83)66(80)61(14)91-75)94-74-70(84)68(82)65(79)60(13)90-74/h26,28,30,32,34,36,38,40,42,44,46,60-61,63-75,77,79-84H,16-25,27,29,31,33,35,37,39,41,43,45,47-48H2,1-15H3,(H,76,78)(H,85,86)(H,87,88)/b50-28+,51-30+,52-32-,53-34-,54-36-,55-38-,56-40-,57-42-,58-44-,59-46-/t60-,61-,63-,64-,65-,66-,67-,68+,69+,70+,71-,72+,73?,74-,75-/m1/s1. The van der Waals surface area contributed by atoms with Gasteiger partial charge in [0.25, 0.3) is 0 Å². The molecule has 21 nitrogen and oxygen atoms in total. The van der Waals surface area contributed by atoms with E-state index in [1.54, 1.807) is 6.92 Å². The number of ether oxygens (including phenoxy) is 5. The second-order valence-corrected chi connectivity index (χ2v) is 30.6. The lowest BCUT2D eigenvalue weighted by Crippen LogP contribution is -2.68. The number of phosphoric acid groups is 2. The summed E-state index contributed by atoms with van der Waals surface area (Å²) in [5.41, 5.74) is 15.1. The number of carbonyl (C=O) groups is 1. The van der Waals surface area contributed by atoms with Gasteiger partial charge in [-0.05, 0) is 225 Å². The number of aliphatic hydroxyl groups is 7. The van der Waals surface area contributed by atoms with E-state index in [4.69, 9.17) is 32.7 Å². The molecule has 3 rings (SSSR count). The van der Waals surface area contributed by atoms with Gasteiger partial charge in [0.05, 0.1) is 25.4 Å². The molecular weight excluding hydrogens is 1300 g/mol. The highest BCUT2D eigenvalue weighted by Crippen LogP contribution is 2.61. The monoisotopic (exact) mass is 1420 g/mol. The molecule has 560 valence electrons. The molecule has 0 aromatic carbocycles. The van der Waals surface area contributed by atoms with E-state index in [0.717, 1.165) is 128 Å². The van der Waals surface area contributed by atoms with Crippen molar-refractivity contribution in [2.75, 3.05) is 13.2 Å². The Kier molecular flexibility index (Phi) is 41.8. The number of hydrogen-bond donors (Lipinski definition) is 10. The number of rotatable bonds is 43. The number of aliphatic hydroxyl groups excluding tert-OH is 7. The average Bonchev–Trinajstić information content (AvgIpc) is 0.776. The van der Waals surface area contributed by atoms with Gasteiger partial charge in [0.2, 0.25) is 5.91 Å². The zero-order chi connectivity index (χ0) is 73.3. The summed E-state index contributed by atoms with van der Waals surface area (Å²) in [5.74, 6) is -0.830. The Hall–Kier alpha value is -3.61. The molecule has 0 aliphatic carbocycles. The van der Waals surface area contributed by atoms with E-state index < -0.39 is 127 Å². The molecular formula is C75H125NO20P2. The predicted molar refractivity (Wildman–Crippen MR) is 385 cm³/mol. The predicted octanol–water partition coefficient (Wildman–Crippen LogP) is 14.1. The molecule has 0 bridgehead atoms. The Balaban J connectivity index is 1.35. The van der Waals surface area contributed by atoms with Gasteiger partial charge < -0.3 is 74.5 Å². The highest BCUT2D eigenvalue weighted by atomic mass is 31.3. The lowest BCUT2D eigenvalue weighted by atomic mass is 9.95. The molecule has 1 amide bonds. The molecule has 17 atom stereocenters. The fraction of sp³-hybridized carbons (Fsp3) is 0.693. The van der Waals surface area contributed by atoms with Crippen LogP contribution in [0.3, 0.4) is 0 Å². The van der Waals surface area contributed by atoms with Crippen LogP contribution in [0.25, 0.3) is 0 Å². The molecule has 98 heavy (non-hydrogen) atoms. The quantitative estimate of drug-likeness (QED) is 0.0200. The molecule has 0 saturated carbocycles. The lowest BCUT2D eigenvalue weighted by Gasteiger charge is -2.48. The summed E-state index contributed by atoms with van der Waals surface area (Å²) in [6.45, 7) is 28.5. The van der Waals surface area contributed by atoms with E-state index in [1.807, 2.05) is 0 Å². The first-order chi connectivity index (χ1) is 46.1. The molecule has 3 aliphatic heterocycles. The number of hydrogen-bond acceptors (Lipinski definition) is 18. The first kappa shape index (κ1) is 88.6. The Morgan fingerprint density at radius 3 is 1.07 bits per heavy atom. The van der Waals surface area contributed by atoms with Crippen molar-refractivity contribution in [1.29, 1.82) is 0 Å². The van der Waals surface area contributed by atoms with Crippen LogP contribution >= 0.6 is 15.6 Å². The number of carbonyl (C=O) groups excluding carboxylic acids is 1. The Morgan fingerprint density at radius 1 is 0.398 bits per heavy atom. The van der Waals surface area contributed by atoms with Crippen LogP contribution in [0.1, 0.15) is 232 Å². The first-order valence-corrected chi connectivity index (χ1v) is 38.2. The summed E-state index contributed by atoms with van der Waals surface area (Å²) in [7, 11) is -11.0. The highest BCUT2D eigenvalue weighted by Gasteiger charge is 2.55. The summed E-state index contributed by atoms with van der Waals surface area (Å²) < 4.78 is 69.4. The molecule has 10 N–H and O–H groups in total. The van der Waals surface area contributed by atoms with Crippen molar-refractivity contribution >= 4 is 21.6 Å². The van der Waals surface area contributed by atoms with Crippen LogP contribution in [0, 0.1) is 0 Å². The van der Waals surface area contributed by atoms with Crippen LogP contribution in [0.15, 0.2) is 128 Å². The van der Waals surface area contributed by atoms with E-state index in [1.165, 1.54) is 75.7 Å². The summed E-state index contributed by atoms with van der Waals surface area (Å²) >= 11 is 0. The van der Waals surface area contributed by atoms with E-state index in [2.05, 4.69) is 147 Å². The minimum Gasteiger partial charge on any atom is -0.394 e. The number of allylic oxidation sites excluding steroid dienone is 21. The van der Waals surface area contributed by atoms with Crippen LogP contribution in [-0.2, 0) is 51.0 Å². The molecule has 0 aromatic heterocycles. The van der Waals surface area contributed by atoms with Crippen molar-refractivity contribution in [2.24, 2.45) is 0 Å². The summed E-state index contributed by atoms with van der Waals surface area (Å²) in [6.07, 6.45) is 22.2. The Morgan fingerprint density at radius 2 is 0.724 bits per heavy atom. The van der Waals surface area contributed by atoms with Crippen LogP contribution in [0.4, 0.5) is 0 Å². The fourth-order valence-corrected chi connectivity index (χ4v) is 13.6. The summed E-state index contributed by atoms with van der Waals surface area (Å²) in [5, 5.41) is 77.1. The topological polar surface area (TPSA) is 319 Å². The van der Waals surface area contributed by atoms with Crippen LogP contribution in [0.5, 0.6) is 0 Å². The molecule has 3 heterocycles. The number of phosphoric ester groups is 2. The van der Waals surface area contributed by atoms with Gasteiger partial charge in [-0.25, -0.2) is 9.13 Å². The second-order valence-electron chi connectivity index (χ2n) is 27.6. The summed E-state index contributed by atoms with van der Waals surface area (Å²) in [4.78, 5) is 33.5. The molecule has 3 fully saturated rings. The van der Waals surface area contributed by atoms with E-state index in [9.17, 15) is 59.5 Å². The Bertz CT molecular complexity index is 2880. The Labute approximate surface area is 586 Å². The maximum atomic E-state index is 13.3. The van der Waals surface area contributed by atoms with Gasteiger partial charge in [0.1, 0.15) is 61.0 Å². The first-order valence-electron chi connectivity index (χ1n) is 35.2. The van der Waals surface area contributed by atoms with E-state index in [0.29, 0.717) is 12.8 Å². The average molecular weight is 1420 g/mol. The largest absolute Gasteiger partial charge is 0.483 e. The molecule has 0 radical (unpaired) electrons. The third kappa shape index (κ3) is 35.0. The number of nitrogens with one attached hydrogen (secondary N) is 1. The molecule has 3 unspecified atom stereocenters.